The third-order valence-electron chi connectivity index (χ3n) is 3.87. The molecule has 4 aliphatic rings. The van der Waals surface area contributed by atoms with Gasteiger partial charge in [-0.3, -0.25) is 5.32 Å². The highest BCUT2D eigenvalue weighted by Crippen LogP contribution is 2.49. The summed E-state index contributed by atoms with van der Waals surface area (Å²) in [5.41, 5.74) is -0.102. The van der Waals surface area contributed by atoms with Crippen LogP contribution in [0.1, 0.15) is 32.1 Å². The van der Waals surface area contributed by atoms with Crippen LogP contribution in [0.15, 0.2) is 0 Å². The van der Waals surface area contributed by atoms with E-state index in [0.29, 0.717) is 6.04 Å². The van der Waals surface area contributed by atoms with E-state index >= 15 is 0 Å². The second-order valence-electron chi connectivity index (χ2n) is 4.88. The Bertz CT molecular complexity index is 216. The van der Waals surface area contributed by atoms with E-state index in [4.69, 9.17) is 5.26 Å². The van der Waals surface area contributed by atoms with E-state index in [1.807, 2.05) is 0 Å². The van der Waals surface area contributed by atoms with Gasteiger partial charge >= 0.3 is 0 Å². The summed E-state index contributed by atoms with van der Waals surface area (Å²) in [5, 5.41) is 12.6. The Morgan fingerprint density at radius 3 is 2.33 bits per heavy atom. The van der Waals surface area contributed by atoms with Crippen molar-refractivity contribution in [1.29, 1.82) is 5.26 Å². The van der Waals surface area contributed by atoms with Gasteiger partial charge in [-0.15, -0.1) is 0 Å². The molecule has 2 nitrogen and oxygen atoms in total. The van der Waals surface area contributed by atoms with Crippen molar-refractivity contribution in [3.05, 3.63) is 0 Å². The lowest BCUT2D eigenvalue weighted by Crippen LogP contribution is -2.63. The normalized spacial score (nSPS) is 55.4. The molecule has 2 saturated carbocycles. The van der Waals surface area contributed by atoms with Crippen LogP contribution < -0.4 is 5.32 Å². The molecule has 4 fully saturated rings. The summed E-state index contributed by atoms with van der Waals surface area (Å²) < 4.78 is 0. The molecule has 64 valence electrons. The highest BCUT2D eigenvalue weighted by Gasteiger charge is 2.50. The molecule has 0 aromatic carbocycles. The van der Waals surface area contributed by atoms with Crippen LogP contribution in [0.2, 0.25) is 0 Å². The van der Waals surface area contributed by atoms with Gasteiger partial charge in [-0.05, 0) is 43.9 Å². The van der Waals surface area contributed by atoms with Crippen molar-refractivity contribution in [2.24, 2.45) is 11.8 Å². The molecule has 2 saturated heterocycles. The van der Waals surface area contributed by atoms with Gasteiger partial charge in [0.2, 0.25) is 0 Å². The fraction of sp³-hybridized carbons (Fsp3) is 0.900. The summed E-state index contributed by atoms with van der Waals surface area (Å²) in [6.45, 7) is 0. The molecule has 0 spiro atoms. The molecule has 0 aromatic heterocycles. The Balaban J connectivity index is 1.97. The van der Waals surface area contributed by atoms with E-state index in [2.05, 4.69) is 11.4 Å². The standard InChI is InChI=1S/C10H14N2/c11-6-10-4-7-1-8(5-10)3-9(2-7)12-10/h7-9,12H,1-5H2. The van der Waals surface area contributed by atoms with Gasteiger partial charge in [0.05, 0.1) is 6.07 Å². The Labute approximate surface area is 72.9 Å². The quantitative estimate of drug-likeness (QED) is 0.585. The fourth-order valence-corrected chi connectivity index (χ4v) is 3.72. The minimum atomic E-state index is -0.102. The van der Waals surface area contributed by atoms with E-state index in [0.717, 1.165) is 24.7 Å². The van der Waals surface area contributed by atoms with Gasteiger partial charge in [0.15, 0.2) is 0 Å². The van der Waals surface area contributed by atoms with Crippen molar-refractivity contribution < 1.29 is 0 Å². The number of hydrogen-bond donors (Lipinski definition) is 1. The summed E-state index contributed by atoms with van der Waals surface area (Å²) in [7, 11) is 0. The van der Waals surface area contributed by atoms with Crippen molar-refractivity contribution in [2.75, 3.05) is 0 Å². The lowest BCUT2D eigenvalue weighted by molar-refractivity contribution is 0.0267. The number of nitrogens with zero attached hydrogens (tertiary/aromatic N) is 1. The first-order valence-electron chi connectivity index (χ1n) is 4.99. The number of hydrogen-bond acceptors (Lipinski definition) is 2. The minimum Gasteiger partial charge on any atom is -0.297 e. The number of nitriles is 1. The molecule has 2 aliphatic heterocycles. The number of rotatable bonds is 0. The molecule has 0 amide bonds. The van der Waals surface area contributed by atoms with Crippen LogP contribution in [-0.2, 0) is 0 Å². The SMILES string of the molecule is N#CC12CC3CC(CC(C3)N1)C2. The second-order valence-corrected chi connectivity index (χ2v) is 4.88. The topological polar surface area (TPSA) is 35.8 Å². The zero-order valence-electron chi connectivity index (χ0n) is 7.21. The van der Waals surface area contributed by atoms with Gasteiger partial charge < -0.3 is 0 Å². The Morgan fingerprint density at radius 1 is 1.17 bits per heavy atom. The van der Waals surface area contributed by atoms with Gasteiger partial charge in [0.25, 0.3) is 0 Å². The molecule has 2 atom stereocenters. The number of nitrogens with one attached hydrogen (secondary N) is 1. The lowest BCUT2D eigenvalue weighted by Gasteiger charge is -2.54. The predicted octanol–water partition coefficient (Wildman–Crippen LogP) is 1.43. The van der Waals surface area contributed by atoms with E-state index in [1.165, 1.54) is 19.3 Å². The average Bonchev–Trinajstić information content (AvgIpc) is 2.02. The molecule has 2 aliphatic carbocycles. The summed E-state index contributed by atoms with van der Waals surface area (Å²) in [4.78, 5) is 0. The summed E-state index contributed by atoms with van der Waals surface area (Å²) in [6.07, 6.45) is 6.31. The van der Waals surface area contributed by atoms with Gasteiger partial charge in [0, 0.05) is 6.04 Å². The molecule has 4 bridgehead atoms. The predicted molar refractivity (Wildman–Crippen MR) is 45.3 cm³/mol. The highest BCUT2D eigenvalue weighted by atomic mass is 15.1. The zero-order chi connectivity index (χ0) is 8.18. The lowest BCUT2D eigenvalue weighted by atomic mass is 9.59. The summed E-state index contributed by atoms with van der Waals surface area (Å²) >= 11 is 0. The molecule has 2 heterocycles. The third kappa shape index (κ3) is 0.778. The molecule has 2 unspecified atom stereocenters. The number of piperidine rings is 2. The van der Waals surface area contributed by atoms with Crippen molar-refractivity contribution >= 4 is 0 Å². The Hall–Kier alpha value is -0.550. The van der Waals surface area contributed by atoms with Crippen molar-refractivity contribution in [3.8, 4) is 6.07 Å². The van der Waals surface area contributed by atoms with Crippen LogP contribution in [0, 0.1) is 23.2 Å². The fourth-order valence-electron chi connectivity index (χ4n) is 3.72. The first-order valence-corrected chi connectivity index (χ1v) is 4.99. The molecule has 0 radical (unpaired) electrons. The van der Waals surface area contributed by atoms with E-state index in [-0.39, 0.29) is 5.54 Å². The molecule has 4 rings (SSSR count). The van der Waals surface area contributed by atoms with Crippen LogP contribution in [-0.4, -0.2) is 11.6 Å². The maximum absolute atomic E-state index is 9.12. The maximum Gasteiger partial charge on any atom is 0.107 e. The minimum absolute atomic E-state index is 0.102. The monoisotopic (exact) mass is 162 g/mol. The summed E-state index contributed by atoms with van der Waals surface area (Å²) in [5.74, 6) is 1.73. The van der Waals surface area contributed by atoms with Crippen LogP contribution in [0.5, 0.6) is 0 Å². The van der Waals surface area contributed by atoms with E-state index in [1.54, 1.807) is 0 Å². The molecule has 0 aromatic rings. The zero-order valence-corrected chi connectivity index (χ0v) is 7.21. The smallest absolute Gasteiger partial charge is 0.107 e. The van der Waals surface area contributed by atoms with Crippen LogP contribution in [0.3, 0.4) is 0 Å². The van der Waals surface area contributed by atoms with Crippen LogP contribution in [0.25, 0.3) is 0 Å². The van der Waals surface area contributed by atoms with Gasteiger partial charge in [0.1, 0.15) is 5.54 Å². The largest absolute Gasteiger partial charge is 0.297 e. The Kier molecular flexibility index (Phi) is 1.17. The van der Waals surface area contributed by atoms with Gasteiger partial charge in [-0.25, -0.2) is 0 Å². The van der Waals surface area contributed by atoms with E-state index in [9.17, 15) is 0 Å². The van der Waals surface area contributed by atoms with E-state index < -0.39 is 0 Å². The molecular formula is C10H14N2. The van der Waals surface area contributed by atoms with Crippen molar-refractivity contribution in [2.45, 2.75) is 43.7 Å². The van der Waals surface area contributed by atoms with Gasteiger partial charge in [-0.2, -0.15) is 5.26 Å². The first kappa shape index (κ1) is 6.91. The summed E-state index contributed by atoms with van der Waals surface area (Å²) in [6, 6.07) is 3.18. The maximum atomic E-state index is 9.12. The van der Waals surface area contributed by atoms with Crippen LogP contribution >= 0.6 is 0 Å². The van der Waals surface area contributed by atoms with Gasteiger partial charge in [-0.1, -0.05) is 0 Å². The highest BCUT2D eigenvalue weighted by molar-refractivity contribution is 5.18. The molecule has 12 heavy (non-hydrogen) atoms. The third-order valence-corrected chi connectivity index (χ3v) is 3.87. The molecular weight excluding hydrogens is 148 g/mol. The average molecular weight is 162 g/mol. The van der Waals surface area contributed by atoms with Crippen LogP contribution in [0.4, 0.5) is 0 Å². The van der Waals surface area contributed by atoms with Crippen molar-refractivity contribution in [1.82, 2.24) is 5.32 Å². The first-order chi connectivity index (χ1) is 5.80. The van der Waals surface area contributed by atoms with Crippen molar-refractivity contribution in [3.63, 3.8) is 0 Å². The molecule has 2 heteroatoms. The molecule has 1 N–H and O–H groups in total. The Morgan fingerprint density at radius 2 is 1.83 bits per heavy atom. The second kappa shape index (κ2) is 2.03.